The largest absolute Gasteiger partial charge is 0.462 e. The Kier molecular flexibility index (Phi) is 48.5. The fourth-order valence-electron chi connectivity index (χ4n) is 6.99. The molecule has 0 bridgehead atoms. The van der Waals surface area contributed by atoms with Crippen LogP contribution in [0.15, 0.2) is 85.1 Å². The van der Waals surface area contributed by atoms with E-state index in [0.29, 0.717) is 19.3 Å². The lowest BCUT2D eigenvalue weighted by Crippen LogP contribution is -2.30. The summed E-state index contributed by atoms with van der Waals surface area (Å²) in [4.78, 5) is 38.0. The van der Waals surface area contributed by atoms with Crippen molar-refractivity contribution in [3.8, 4) is 0 Å². The van der Waals surface area contributed by atoms with E-state index in [1.807, 2.05) is 0 Å². The van der Waals surface area contributed by atoms with E-state index in [2.05, 4.69) is 106 Å². The first-order valence-corrected chi connectivity index (χ1v) is 26.1. The standard InChI is InChI=1S/C57H96O6/c1-4-7-10-13-16-19-22-25-27-28-30-32-35-38-41-44-47-50-56(59)62-53-54(52-61-55(58)49-46-43-40-37-34-31-24-21-18-15-12-9-6-3)63-57(60)51-48-45-42-39-36-33-29-26-23-20-17-14-11-8-5-2/h7,10,12,15-16,19,21,24-25,27,30,32,38,41,54H,4-6,8-9,11,13-14,17-18,20,22-23,26,28-29,31,33-37,39-40,42-53H2,1-3H3/b10-7-,15-12-,19-16-,24-21-,27-25-,32-30-,41-38-. The van der Waals surface area contributed by atoms with Crippen molar-refractivity contribution in [3.63, 3.8) is 0 Å². The van der Waals surface area contributed by atoms with E-state index in [1.54, 1.807) is 0 Å². The topological polar surface area (TPSA) is 78.9 Å². The van der Waals surface area contributed by atoms with Crippen molar-refractivity contribution < 1.29 is 28.6 Å². The smallest absolute Gasteiger partial charge is 0.306 e. The van der Waals surface area contributed by atoms with Gasteiger partial charge >= 0.3 is 17.9 Å². The van der Waals surface area contributed by atoms with Gasteiger partial charge in [-0.15, -0.1) is 0 Å². The first-order valence-electron chi connectivity index (χ1n) is 26.1. The molecule has 63 heavy (non-hydrogen) atoms. The van der Waals surface area contributed by atoms with E-state index in [1.165, 1.54) is 83.5 Å². The normalized spacial score (nSPS) is 12.7. The summed E-state index contributed by atoms with van der Waals surface area (Å²) in [5, 5.41) is 0. The van der Waals surface area contributed by atoms with Gasteiger partial charge < -0.3 is 14.2 Å². The highest BCUT2D eigenvalue weighted by Gasteiger charge is 2.19. The number of rotatable bonds is 46. The Morgan fingerprint density at radius 2 is 0.667 bits per heavy atom. The SMILES string of the molecule is CC/C=C\C/C=C\C/C=C\C/C=C\C/C=C\CCCC(=O)OCC(COC(=O)CCCCCCC/C=C\C/C=C\CCC)OC(=O)CCCCCCCCCCCCCCCCC. The first-order chi connectivity index (χ1) is 31.0. The number of hydrogen-bond acceptors (Lipinski definition) is 6. The van der Waals surface area contributed by atoms with E-state index in [9.17, 15) is 14.4 Å². The zero-order chi connectivity index (χ0) is 45.8. The van der Waals surface area contributed by atoms with Gasteiger partial charge in [0.05, 0.1) is 0 Å². The Hall–Kier alpha value is -3.41. The number of ether oxygens (including phenoxy) is 3. The van der Waals surface area contributed by atoms with Crippen molar-refractivity contribution in [1.82, 2.24) is 0 Å². The summed E-state index contributed by atoms with van der Waals surface area (Å²) in [5.41, 5.74) is 0. The van der Waals surface area contributed by atoms with Crippen LogP contribution in [0.2, 0.25) is 0 Å². The highest BCUT2D eigenvalue weighted by molar-refractivity contribution is 5.71. The Bertz CT molecular complexity index is 1240. The molecule has 0 amide bonds. The fraction of sp³-hybridized carbons (Fsp3) is 0.702. The number of carbonyl (C=O) groups is 3. The van der Waals surface area contributed by atoms with Gasteiger partial charge in [-0.1, -0.05) is 221 Å². The molecule has 0 saturated heterocycles. The molecule has 360 valence electrons. The van der Waals surface area contributed by atoms with Gasteiger partial charge in [0.1, 0.15) is 13.2 Å². The van der Waals surface area contributed by atoms with Gasteiger partial charge in [0.25, 0.3) is 0 Å². The van der Waals surface area contributed by atoms with Gasteiger partial charge in [-0.25, -0.2) is 0 Å². The van der Waals surface area contributed by atoms with Crippen molar-refractivity contribution in [3.05, 3.63) is 85.1 Å². The summed E-state index contributed by atoms with van der Waals surface area (Å²) in [6.45, 7) is 6.40. The molecule has 1 unspecified atom stereocenters. The minimum absolute atomic E-state index is 0.100. The highest BCUT2D eigenvalue weighted by Crippen LogP contribution is 2.15. The summed E-state index contributed by atoms with van der Waals surface area (Å²) >= 11 is 0. The third kappa shape index (κ3) is 49.5. The predicted molar refractivity (Wildman–Crippen MR) is 270 cm³/mol. The summed E-state index contributed by atoms with van der Waals surface area (Å²) < 4.78 is 16.7. The molecular weight excluding hydrogens is 781 g/mol. The third-order valence-corrected chi connectivity index (χ3v) is 10.9. The molecule has 0 spiro atoms. The van der Waals surface area contributed by atoms with Crippen LogP contribution in [0.4, 0.5) is 0 Å². The van der Waals surface area contributed by atoms with Crippen LogP contribution < -0.4 is 0 Å². The summed E-state index contributed by atoms with van der Waals surface area (Å²) in [5.74, 6) is -0.972. The van der Waals surface area contributed by atoms with Crippen molar-refractivity contribution in [2.24, 2.45) is 0 Å². The number of esters is 3. The van der Waals surface area contributed by atoms with Crippen LogP contribution in [0.1, 0.15) is 239 Å². The molecule has 0 aromatic heterocycles. The quantitative estimate of drug-likeness (QED) is 0.0262. The molecule has 0 fully saturated rings. The van der Waals surface area contributed by atoms with E-state index >= 15 is 0 Å². The lowest BCUT2D eigenvalue weighted by atomic mass is 10.0. The van der Waals surface area contributed by atoms with E-state index < -0.39 is 6.10 Å². The molecule has 1 atom stereocenters. The Balaban J connectivity index is 4.48. The van der Waals surface area contributed by atoms with Crippen LogP contribution in [0.5, 0.6) is 0 Å². The van der Waals surface area contributed by atoms with Crippen LogP contribution in [0.25, 0.3) is 0 Å². The minimum Gasteiger partial charge on any atom is -0.462 e. The van der Waals surface area contributed by atoms with Crippen molar-refractivity contribution >= 4 is 17.9 Å². The summed E-state index contributed by atoms with van der Waals surface area (Å²) in [7, 11) is 0. The van der Waals surface area contributed by atoms with Crippen LogP contribution in [-0.4, -0.2) is 37.2 Å². The Morgan fingerprint density at radius 1 is 0.333 bits per heavy atom. The number of hydrogen-bond donors (Lipinski definition) is 0. The Labute approximate surface area is 388 Å². The summed E-state index contributed by atoms with van der Waals surface area (Å²) in [6.07, 6.45) is 65.7. The van der Waals surface area contributed by atoms with Gasteiger partial charge in [0, 0.05) is 19.3 Å². The molecule has 0 aliphatic heterocycles. The summed E-state index contributed by atoms with van der Waals surface area (Å²) in [6, 6.07) is 0. The van der Waals surface area contributed by atoms with Gasteiger partial charge in [-0.05, 0) is 83.5 Å². The van der Waals surface area contributed by atoms with E-state index in [0.717, 1.165) is 109 Å². The van der Waals surface area contributed by atoms with Crippen molar-refractivity contribution in [2.45, 2.75) is 245 Å². The van der Waals surface area contributed by atoms with Gasteiger partial charge in [0.15, 0.2) is 6.10 Å². The molecule has 0 saturated carbocycles. The predicted octanol–water partition coefficient (Wildman–Crippen LogP) is 17.2. The van der Waals surface area contributed by atoms with Crippen LogP contribution in [-0.2, 0) is 28.6 Å². The van der Waals surface area contributed by atoms with Gasteiger partial charge in [-0.3, -0.25) is 14.4 Å². The monoisotopic (exact) mass is 877 g/mol. The molecule has 0 aromatic rings. The third-order valence-electron chi connectivity index (χ3n) is 10.9. The average molecular weight is 877 g/mol. The number of carbonyl (C=O) groups excluding carboxylic acids is 3. The maximum atomic E-state index is 12.8. The molecule has 0 aliphatic rings. The molecule has 0 heterocycles. The van der Waals surface area contributed by atoms with Gasteiger partial charge in [-0.2, -0.15) is 0 Å². The lowest BCUT2D eigenvalue weighted by Gasteiger charge is -2.18. The lowest BCUT2D eigenvalue weighted by molar-refractivity contribution is -0.167. The van der Waals surface area contributed by atoms with E-state index in [-0.39, 0.29) is 37.5 Å². The second-order valence-electron chi connectivity index (χ2n) is 17.1. The highest BCUT2D eigenvalue weighted by atomic mass is 16.6. The van der Waals surface area contributed by atoms with Crippen molar-refractivity contribution in [1.29, 1.82) is 0 Å². The molecule has 6 nitrogen and oxygen atoms in total. The molecule has 6 heteroatoms. The van der Waals surface area contributed by atoms with Crippen LogP contribution in [0, 0.1) is 0 Å². The average Bonchev–Trinajstić information content (AvgIpc) is 3.28. The molecule has 0 N–H and O–H groups in total. The number of allylic oxidation sites excluding steroid dienone is 14. The molecular formula is C57H96O6. The second kappa shape index (κ2) is 51.2. The maximum absolute atomic E-state index is 12.8. The molecule has 0 radical (unpaired) electrons. The molecule has 0 aromatic carbocycles. The van der Waals surface area contributed by atoms with E-state index in [4.69, 9.17) is 14.2 Å². The van der Waals surface area contributed by atoms with Crippen LogP contribution >= 0.6 is 0 Å². The minimum atomic E-state index is -0.803. The van der Waals surface area contributed by atoms with Gasteiger partial charge in [0.2, 0.25) is 0 Å². The maximum Gasteiger partial charge on any atom is 0.306 e. The Morgan fingerprint density at radius 3 is 1.10 bits per heavy atom. The number of unbranched alkanes of at least 4 members (excludes halogenated alkanes) is 21. The fourth-order valence-corrected chi connectivity index (χ4v) is 6.99. The zero-order valence-corrected chi connectivity index (χ0v) is 41.1. The molecule has 0 aliphatic carbocycles. The second-order valence-corrected chi connectivity index (χ2v) is 17.1. The van der Waals surface area contributed by atoms with Crippen molar-refractivity contribution in [2.75, 3.05) is 13.2 Å². The molecule has 0 rings (SSSR count). The van der Waals surface area contributed by atoms with Crippen LogP contribution in [0.3, 0.4) is 0 Å². The zero-order valence-electron chi connectivity index (χ0n) is 41.1. The first kappa shape index (κ1) is 59.6.